The van der Waals surface area contributed by atoms with Gasteiger partial charge in [-0.25, -0.2) is 8.42 Å². The fourth-order valence-corrected chi connectivity index (χ4v) is 3.77. The Morgan fingerprint density at radius 1 is 1.00 bits per heavy atom. The Morgan fingerprint density at radius 3 is 2.05 bits per heavy atom. The monoisotopic (exact) mass is 274 g/mol. The smallest absolute Gasteiger partial charge is 0.262 e. The van der Waals surface area contributed by atoms with Gasteiger partial charge in [0.05, 0.1) is 4.90 Å². The molecule has 3 nitrogen and oxygen atoms in total. The first-order valence-corrected chi connectivity index (χ1v) is 7.45. The largest absolute Gasteiger partial charge is 0.280 e. The van der Waals surface area contributed by atoms with Crippen LogP contribution in [0.5, 0.6) is 0 Å². The molecular formula is C15H16NO2S. The second kappa shape index (κ2) is 5.05. The summed E-state index contributed by atoms with van der Waals surface area (Å²) in [5.74, 6) is 0. The van der Waals surface area contributed by atoms with Crippen LogP contribution < -0.4 is 4.72 Å². The molecule has 0 aliphatic rings. The molecule has 0 heterocycles. The third-order valence-corrected chi connectivity index (χ3v) is 4.53. The van der Waals surface area contributed by atoms with Crippen LogP contribution in [0.25, 0.3) is 0 Å². The summed E-state index contributed by atoms with van der Waals surface area (Å²) in [4.78, 5) is 0.353. The number of benzene rings is 2. The van der Waals surface area contributed by atoms with Gasteiger partial charge < -0.3 is 0 Å². The van der Waals surface area contributed by atoms with Crippen molar-refractivity contribution in [2.45, 2.75) is 25.7 Å². The lowest BCUT2D eigenvalue weighted by Crippen LogP contribution is -2.15. The number of anilines is 1. The Kier molecular flexibility index (Phi) is 3.62. The van der Waals surface area contributed by atoms with Crippen molar-refractivity contribution in [3.63, 3.8) is 0 Å². The molecule has 1 N–H and O–H groups in total. The second-order valence-corrected chi connectivity index (χ2v) is 6.24. The maximum absolute atomic E-state index is 12.4. The second-order valence-electron chi connectivity index (χ2n) is 4.62. The van der Waals surface area contributed by atoms with E-state index in [1.165, 1.54) is 0 Å². The number of aryl methyl sites for hydroxylation is 3. The van der Waals surface area contributed by atoms with Gasteiger partial charge in [-0.1, -0.05) is 29.8 Å². The molecule has 0 unspecified atom stereocenters. The third-order valence-electron chi connectivity index (χ3n) is 2.84. The lowest BCUT2D eigenvalue weighted by Gasteiger charge is -2.13. The van der Waals surface area contributed by atoms with Crippen molar-refractivity contribution in [1.82, 2.24) is 0 Å². The van der Waals surface area contributed by atoms with Gasteiger partial charge in [0.15, 0.2) is 0 Å². The highest BCUT2D eigenvalue weighted by molar-refractivity contribution is 7.92. The van der Waals surface area contributed by atoms with Gasteiger partial charge in [0.1, 0.15) is 0 Å². The van der Waals surface area contributed by atoms with E-state index in [-0.39, 0.29) is 0 Å². The molecule has 2 rings (SSSR count). The van der Waals surface area contributed by atoms with Gasteiger partial charge in [-0.3, -0.25) is 4.72 Å². The summed E-state index contributed by atoms with van der Waals surface area (Å²) in [5.41, 5.74) is 3.11. The molecule has 0 aromatic heterocycles. The number of rotatable bonds is 3. The minimum absolute atomic E-state index is 0.353. The zero-order valence-electron chi connectivity index (χ0n) is 11.2. The lowest BCUT2D eigenvalue weighted by atomic mass is 10.1. The summed E-state index contributed by atoms with van der Waals surface area (Å²) in [6.07, 6.45) is 0. The molecule has 2 aromatic carbocycles. The number of hydrogen-bond acceptors (Lipinski definition) is 2. The van der Waals surface area contributed by atoms with E-state index in [4.69, 9.17) is 0 Å². The van der Waals surface area contributed by atoms with Crippen molar-refractivity contribution in [3.8, 4) is 0 Å². The van der Waals surface area contributed by atoms with Crippen LogP contribution in [0.15, 0.2) is 41.3 Å². The van der Waals surface area contributed by atoms with Gasteiger partial charge in [0.2, 0.25) is 0 Å². The van der Waals surface area contributed by atoms with E-state index in [2.05, 4.69) is 10.8 Å². The molecule has 99 valence electrons. The molecule has 1 radical (unpaired) electrons. The average Bonchev–Trinajstić information content (AvgIpc) is 2.27. The summed E-state index contributed by atoms with van der Waals surface area (Å²) < 4.78 is 27.5. The Labute approximate surface area is 114 Å². The molecule has 19 heavy (non-hydrogen) atoms. The normalized spacial score (nSPS) is 11.3. The quantitative estimate of drug-likeness (QED) is 0.934. The Bertz CT molecular complexity index is 668. The maximum Gasteiger partial charge on any atom is 0.262 e. The minimum Gasteiger partial charge on any atom is -0.280 e. The molecule has 2 aromatic rings. The lowest BCUT2D eigenvalue weighted by molar-refractivity contribution is 0.600. The van der Waals surface area contributed by atoms with Crippen LogP contribution in [0, 0.1) is 26.8 Å². The van der Waals surface area contributed by atoms with Gasteiger partial charge in [-0.05, 0) is 50.1 Å². The Balaban J connectivity index is 2.46. The molecule has 4 heteroatoms. The zero-order chi connectivity index (χ0) is 14.0. The van der Waals surface area contributed by atoms with E-state index in [0.29, 0.717) is 10.6 Å². The standard InChI is InChI=1S/C15H16NO2S/c1-11-9-12(2)15(13(3)10-11)19(17,18)16-14-7-5-4-6-8-14/h5-10,16H,1-3H3. The highest BCUT2D eigenvalue weighted by Gasteiger charge is 2.19. The predicted molar refractivity (Wildman–Crippen MR) is 76.7 cm³/mol. The zero-order valence-corrected chi connectivity index (χ0v) is 12.0. The molecule has 0 aliphatic carbocycles. The van der Waals surface area contributed by atoms with Gasteiger partial charge >= 0.3 is 0 Å². The molecule has 0 bridgehead atoms. The first-order chi connectivity index (χ1) is 8.90. The van der Waals surface area contributed by atoms with Crippen LogP contribution in [-0.2, 0) is 10.0 Å². The van der Waals surface area contributed by atoms with E-state index in [9.17, 15) is 8.42 Å². The Hall–Kier alpha value is -1.81. The number of sulfonamides is 1. The first-order valence-electron chi connectivity index (χ1n) is 5.97. The van der Waals surface area contributed by atoms with Gasteiger partial charge in [-0.15, -0.1) is 0 Å². The molecule has 0 fully saturated rings. The summed E-state index contributed by atoms with van der Waals surface area (Å²) in [6, 6.07) is 13.3. The van der Waals surface area contributed by atoms with Gasteiger partial charge in [-0.2, -0.15) is 0 Å². The molecule has 0 aliphatic heterocycles. The van der Waals surface area contributed by atoms with Crippen LogP contribution in [0.1, 0.15) is 16.7 Å². The minimum atomic E-state index is -3.56. The van der Waals surface area contributed by atoms with Crippen molar-refractivity contribution >= 4 is 15.7 Å². The Morgan fingerprint density at radius 2 is 1.53 bits per heavy atom. The molecule has 0 amide bonds. The fourth-order valence-electron chi connectivity index (χ4n) is 2.25. The summed E-state index contributed by atoms with van der Waals surface area (Å²) in [6.45, 7) is 5.58. The van der Waals surface area contributed by atoms with E-state index in [0.717, 1.165) is 16.7 Å². The fraction of sp³-hybridized carbons (Fsp3) is 0.200. The van der Waals surface area contributed by atoms with Crippen LogP contribution in [0.2, 0.25) is 0 Å². The summed E-state index contributed by atoms with van der Waals surface area (Å²) >= 11 is 0. The van der Waals surface area contributed by atoms with E-state index in [1.54, 1.807) is 24.3 Å². The average molecular weight is 274 g/mol. The van der Waals surface area contributed by atoms with Gasteiger partial charge in [0, 0.05) is 5.69 Å². The SMILES string of the molecule is Cc1cc(C)c(S(=O)(=O)Nc2cc[c]cc2)c(C)c1. The maximum atomic E-state index is 12.4. The summed E-state index contributed by atoms with van der Waals surface area (Å²) in [7, 11) is -3.56. The van der Waals surface area contributed by atoms with Crippen molar-refractivity contribution < 1.29 is 8.42 Å². The number of hydrogen-bond donors (Lipinski definition) is 1. The molecule has 0 atom stereocenters. The predicted octanol–water partition coefficient (Wildman–Crippen LogP) is 3.21. The van der Waals surface area contributed by atoms with Crippen LogP contribution in [-0.4, -0.2) is 8.42 Å². The molecule has 0 spiro atoms. The molecule has 0 saturated carbocycles. The van der Waals surface area contributed by atoms with Crippen LogP contribution >= 0.6 is 0 Å². The first kappa shape index (κ1) is 13.6. The van der Waals surface area contributed by atoms with E-state index < -0.39 is 10.0 Å². The van der Waals surface area contributed by atoms with E-state index >= 15 is 0 Å². The van der Waals surface area contributed by atoms with Crippen molar-refractivity contribution in [2.24, 2.45) is 0 Å². The van der Waals surface area contributed by atoms with Crippen molar-refractivity contribution in [2.75, 3.05) is 4.72 Å². The third kappa shape index (κ3) is 2.96. The summed E-state index contributed by atoms with van der Waals surface area (Å²) in [5, 5.41) is 0. The van der Waals surface area contributed by atoms with Crippen LogP contribution in [0.3, 0.4) is 0 Å². The number of nitrogens with one attached hydrogen (secondary N) is 1. The van der Waals surface area contributed by atoms with Gasteiger partial charge in [0.25, 0.3) is 10.0 Å². The molecule has 0 saturated heterocycles. The topological polar surface area (TPSA) is 46.2 Å². The highest BCUT2D eigenvalue weighted by atomic mass is 32.2. The highest BCUT2D eigenvalue weighted by Crippen LogP contribution is 2.24. The van der Waals surface area contributed by atoms with Crippen molar-refractivity contribution in [1.29, 1.82) is 0 Å². The van der Waals surface area contributed by atoms with Crippen molar-refractivity contribution in [3.05, 3.63) is 59.2 Å². The van der Waals surface area contributed by atoms with Crippen LogP contribution in [0.4, 0.5) is 5.69 Å². The van der Waals surface area contributed by atoms with E-state index in [1.807, 2.05) is 32.9 Å². The molecular weight excluding hydrogens is 258 g/mol.